The molecule has 4 rings (SSSR count). The summed E-state index contributed by atoms with van der Waals surface area (Å²) >= 11 is 0. The predicted octanol–water partition coefficient (Wildman–Crippen LogP) is 1.12. The van der Waals surface area contributed by atoms with E-state index in [0.717, 1.165) is 28.1 Å². The molecule has 2 heteroatoms. The number of benzene rings is 1. The highest BCUT2D eigenvalue weighted by molar-refractivity contribution is 6.36. The van der Waals surface area contributed by atoms with Crippen molar-refractivity contribution in [3.8, 4) is 0 Å². The molecular formula is C16H11NO. The number of ketones is 1. The van der Waals surface area contributed by atoms with E-state index in [9.17, 15) is 4.79 Å². The molecule has 2 nitrogen and oxygen atoms in total. The van der Waals surface area contributed by atoms with Crippen molar-refractivity contribution in [2.24, 2.45) is 10.4 Å². The molecule has 3 aliphatic rings. The fourth-order valence-corrected chi connectivity index (χ4v) is 3.17. The lowest BCUT2D eigenvalue weighted by atomic mass is 9.69. The molecule has 1 aromatic carbocycles. The topological polar surface area (TPSA) is 29.4 Å². The summed E-state index contributed by atoms with van der Waals surface area (Å²) in [5.74, 6) is 0.116. The Hall–Kier alpha value is -2.22. The van der Waals surface area contributed by atoms with E-state index in [1.807, 2.05) is 36.6 Å². The average Bonchev–Trinajstić information content (AvgIpc) is 2.73. The zero-order chi connectivity index (χ0) is 12.2. The summed E-state index contributed by atoms with van der Waals surface area (Å²) in [6.07, 6.45) is 10.4. The van der Waals surface area contributed by atoms with Crippen molar-refractivity contribution in [3.05, 3.63) is 59.1 Å². The van der Waals surface area contributed by atoms with Crippen LogP contribution in [0.25, 0.3) is 11.6 Å². The number of nitrogens with zero attached hydrogens (tertiary/aromatic N) is 1. The number of carbonyl (C=O) groups is 1. The fourth-order valence-electron chi connectivity index (χ4n) is 3.17. The molecule has 2 aliphatic carbocycles. The number of carbonyl (C=O) groups excluding carboxylic acids is 1. The van der Waals surface area contributed by atoms with Crippen molar-refractivity contribution in [3.63, 3.8) is 0 Å². The molecular weight excluding hydrogens is 222 g/mol. The minimum absolute atomic E-state index is 0.116. The Labute approximate surface area is 104 Å². The summed E-state index contributed by atoms with van der Waals surface area (Å²) in [7, 11) is 0. The third kappa shape index (κ3) is 1.03. The standard InChI is InChI=1S/C16H11NO/c18-13-6-7-14-16(8-3-9-17-14)10-11-4-1-2-5-12(11)15(13)16/h1-7,9-10H,8H2. The lowest BCUT2D eigenvalue weighted by Gasteiger charge is -2.33. The van der Waals surface area contributed by atoms with Gasteiger partial charge < -0.3 is 0 Å². The van der Waals surface area contributed by atoms with Crippen LogP contribution in [0.2, 0.25) is 0 Å². The average molecular weight is 233 g/mol. The summed E-state index contributed by atoms with van der Waals surface area (Å²) in [4.78, 5) is 16.7. The summed E-state index contributed by atoms with van der Waals surface area (Å²) in [6, 6.07) is 8.10. The second-order valence-corrected chi connectivity index (χ2v) is 4.88. The van der Waals surface area contributed by atoms with Crippen LogP contribution in [0.5, 0.6) is 0 Å². The lowest BCUT2D eigenvalue weighted by Crippen LogP contribution is -2.36. The molecule has 1 aromatic rings. The third-order valence-corrected chi connectivity index (χ3v) is 3.93. The Morgan fingerprint density at radius 3 is 3.00 bits per heavy atom. The van der Waals surface area contributed by atoms with Gasteiger partial charge in [0, 0.05) is 11.8 Å². The van der Waals surface area contributed by atoms with Crippen LogP contribution in [-0.4, -0.2) is 11.5 Å². The smallest absolute Gasteiger partial charge is 0.183 e. The molecule has 1 aliphatic heterocycles. The molecule has 0 bridgehead atoms. The summed E-state index contributed by atoms with van der Waals surface area (Å²) in [5, 5.41) is 2.21. The minimum Gasteiger partial charge on any atom is -0.290 e. The fraction of sp³-hybridized carbons (Fsp3) is 0.125. The molecule has 0 fully saturated rings. The molecule has 0 saturated carbocycles. The van der Waals surface area contributed by atoms with Crippen LogP contribution < -0.4 is 10.4 Å². The SMILES string of the molecule is O=C1C=CC2=NC=CCC23C=c2ccccc2=C13. The van der Waals surface area contributed by atoms with Crippen LogP contribution in [0.1, 0.15) is 6.42 Å². The molecule has 1 heterocycles. The first-order chi connectivity index (χ1) is 8.81. The van der Waals surface area contributed by atoms with Gasteiger partial charge in [-0.05, 0) is 29.0 Å². The number of hydrogen-bond acceptors (Lipinski definition) is 2. The first-order valence-electron chi connectivity index (χ1n) is 6.10. The predicted molar refractivity (Wildman–Crippen MR) is 71.3 cm³/mol. The van der Waals surface area contributed by atoms with Crippen LogP contribution in [0.3, 0.4) is 0 Å². The largest absolute Gasteiger partial charge is 0.290 e. The highest BCUT2D eigenvalue weighted by Gasteiger charge is 2.44. The van der Waals surface area contributed by atoms with Gasteiger partial charge in [-0.2, -0.15) is 0 Å². The van der Waals surface area contributed by atoms with E-state index in [1.54, 1.807) is 6.08 Å². The first kappa shape index (κ1) is 9.77. The van der Waals surface area contributed by atoms with E-state index in [0.29, 0.717) is 0 Å². The number of aliphatic imine (C=N–C) groups is 1. The van der Waals surface area contributed by atoms with Gasteiger partial charge in [-0.25, -0.2) is 0 Å². The van der Waals surface area contributed by atoms with Crippen LogP contribution >= 0.6 is 0 Å². The van der Waals surface area contributed by atoms with Crippen LogP contribution in [0.4, 0.5) is 0 Å². The van der Waals surface area contributed by atoms with E-state index in [1.165, 1.54) is 0 Å². The lowest BCUT2D eigenvalue weighted by molar-refractivity contribution is -0.110. The van der Waals surface area contributed by atoms with Crippen molar-refractivity contribution < 1.29 is 4.79 Å². The normalized spacial score (nSPS) is 27.2. The van der Waals surface area contributed by atoms with Gasteiger partial charge in [-0.3, -0.25) is 9.79 Å². The van der Waals surface area contributed by atoms with Gasteiger partial charge in [-0.15, -0.1) is 0 Å². The Bertz CT molecular complexity index is 780. The molecule has 86 valence electrons. The maximum Gasteiger partial charge on any atom is 0.183 e. The summed E-state index contributed by atoms with van der Waals surface area (Å²) in [6.45, 7) is 0. The molecule has 0 radical (unpaired) electrons. The van der Waals surface area contributed by atoms with Gasteiger partial charge in [0.15, 0.2) is 5.78 Å². The van der Waals surface area contributed by atoms with Crippen LogP contribution in [0, 0.1) is 5.41 Å². The summed E-state index contributed by atoms with van der Waals surface area (Å²) in [5.41, 5.74) is 1.56. The molecule has 1 spiro atoms. The second-order valence-electron chi connectivity index (χ2n) is 4.88. The highest BCUT2D eigenvalue weighted by Crippen LogP contribution is 2.43. The van der Waals surface area contributed by atoms with Crippen molar-refractivity contribution >= 4 is 23.1 Å². The monoisotopic (exact) mass is 233 g/mol. The van der Waals surface area contributed by atoms with Gasteiger partial charge in [0.05, 0.1) is 11.1 Å². The molecule has 0 saturated heterocycles. The zero-order valence-electron chi connectivity index (χ0n) is 9.76. The third-order valence-electron chi connectivity index (χ3n) is 3.93. The maximum atomic E-state index is 12.3. The Morgan fingerprint density at radius 2 is 2.06 bits per heavy atom. The number of fused-ring (bicyclic) bond motifs is 1. The maximum absolute atomic E-state index is 12.3. The van der Waals surface area contributed by atoms with Crippen molar-refractivity contribution in [1.82, 2.24) is 0 Å². The Morgan fingerprint density at radius 1 is 1.17 bits per heavy atom. The number of allylic oxidation sites excluding steroid dienone is 3. The van der Waals surface area contributed by atoms with E-state index < -0.39 is 0 Å². The quantitative estimate of drug-likeness (QED) is 0.660. The Balaban J connectivity index is 2.18. The van der Waals surface area contributed by atoms with E-state index >= 15 is 0 Å². The van der Waals surface area contributed by atoms with Gasteiger partial charge >= 0.3 is 0 Å². The molecule has 1 atom stereocenters. The minimum atomic E-state index is -0.315. The number of hydrogen-bond donors (Lipinski definition) is 0. The van der Waals surface area contributed by atoms with Crippen molar-refractivity contribution in [2.45, 2.75) is 6.42 Å². The molecule has 18 heavy (non-hydrogen) atoms. The van der Waals surface area contributed by atoms with E-state index in [4.69, 9.17) is 0 Å². The zero-order valence-corrected chi connectivity index (χ0v) is 9.76. The molecule has 0 aromatic heterocycles. The van der Waals surface area contributed by atoms with E-state index in [-0.39, 0.29) is 11.2 Å². The number of rotatable bonds is 0. The highest BCUT2D eigenvalue weighted by atomic mass is 16.1. The first-order valence-corrected chi connectivity index (χ1v) is 6.10. The van der Waals surface area contributed by atoms with Gasteiger partial charge in [-0.1, -0.05) is 36.4 Å². The molecule has 0 amide bonds. The van der Waals surface area contributed by atoms with Gasteiger partial charge in [0.2, 0.25) is 0 Å². The van der Waals surface area contributed by atoms with Crippen LogP contribution in [-0.2, 0) is 4.79 Å². The molecule has 0 N–H and O–H groups in total. The van der Waals surface area contributed by atoms with Crippen LogP contribution in [0.15, 0.2) is 53.7 Å². The van der Waals surface area contributed by atoms with Gasteiger partial charge in [0.1, 0.15) is 0 Å². The second kappa shape index (κ2) is 3.16. The Kier molecular flexibility index (Phi) is 1.72. The van der Waals surface area contributed by atoms with Crippen molar-refractivity contribution in [2.75, 3.05) is 0 Å². The van der Waals surface area contributed by atoms with Gasteiger partial charge in [0.25, 0.3) is 0 Å². The van der Waals surface area contributed by atoms with E-state index in [2.05, 4.69) is 17.1 Å². The van der Waals surface area contributed by atoms with Crippen molar-refractivity contribution in [1.29, 1.82) is 0 Å². The molecule has 1 unspecified atom stereocenters. The summed E-state index contributed by atoms with van der Waals surface area (Å²) < 4.78 is 0.